The molecular weight excluding hydrogens is 436 g/mol. The molecule has 0 saturated carbocycles. The number of amides is 1. The summed E-state index contributed by atoms with van der Waals surface area (Å²) < 4.78 is 1.05. The van der Waals surface area contributed by atoms with Crippen LogP contribution in [-0.2, 0) is 16.1 Å². The average Bonchev–Trinajstić information content (AvgIpc) is 3.30. The summed E-state index contributed by atoms with van der Waals surface area (Å²) in [6, 6.07) is -1.32. The number of fused-ring (bicyclic) bond motifs is 1. The summed E-state index contributed by atoms with van der Waals surface area (Å²) in [6.45, 7) is 6.01. The monoisotopic (exact) mass is 464 g/mol. The van der Waals surface area contributed by atoms with Crippen LogP contribution in [0.15, 0.2) is 17.4 Å². The Kier molecular flexibility index (Phi) is 6.15. The summed E-state index contributed by atoms with van der Waals surface area (Å²) in [5, 5.41) is 20.2. The summed E-state index contributed by atoms with van der Waals surface area (Å²) in [4.78, 5) is 46.4. The second-order valence-corrected chi connectivity index (χ2v) is 10.9. The number of nitrogens with zero attached hydrogens (tertiary/aromatic N) is 6. The molecule has 3 saturated heterocycles. The van der Waals surface area contributed by atoms with Crippen LogP contribution in [0.1, 0.15) is 39.5 Å². The van der Waals surface area contributed by atoms with Gasteiger partial charge < -0.3 is 25.0 Å². The standard InChI is InChI=1S/C20H28N6O5S/c1-20(2)15(18(28)29)25-16(27)14(17(25)32-20)22-12-23-9-5-13(6-10-23)4-3-8-24-11-7-21-19(24)26(30)31/h7,11-15,17H,3-6,8-10H2,1-2H3,(H,28,29)/t14-,15+,17-/m1/s1. The highest BCUT2D eigenvalue weighted by Crippen LogP contribution is 2.51. The Morgan fingerprint density at radius 3 is 2.81 bits per heavy atom. The molecule has 0 bridgehead atoms. The molecule has 1 aromatic heterocycles. The van der Waals surface area contributed by atoms with Gasteiger partial charge in [-0.25, -0.2) is 9.36 Å². The zero-order chi connectivity index (χ0) is 23.0. The molecule has 11 nitrogen and oxygen atoms in total. The lowest BCUT2D eigenvalue weighted by Gasteiger charge is -2.41. The van der Waals surface area contributed by atoms with Crippen molar-refractivity contribution in [3.05, 3.63) is 22.5 Å². The molecule has 1 aromatic rings. The summed E-state index contributed by atoms with van der Waals surface area (Å²) in [7, 11) is 0. The van der Waals surface area contributed by atoms with E-state index in [9.17, 15) is 24.8 Å². The van der Waals surface area contributed by atoms with Gasteiger partial charge in [0.1, 0.15) is 23.8 Å². The predicted octanol–water partition coefficient (Wildman–Crippen LogP) is 1.83. The Balaban J connectivity index is 1.22. The highest BCUT2D eigenvalue weighted by molar-refractivity contribution is 8.01. The van der Waals surface area contributed by atoms with Crippen LogP contribution in [0.25, 0.3) is 0 Å². The van der Waals surface area contributed by atoms with Crippen molar-refractivity contribution < 1.29 is 19.6 Å². The number of imidazole rings is 1. The van der Waals surface area contributed by atoms with Crippen LogP contribution in [0.5, 0.6) is 0 Å². The molecular formula is C20H28N6O5S. The van der Waals surface area contributed by atoms with Crippen LogP contribution in [-0.4, -0.2) is 82.9 Å². The van der Waals surface area contributed by atoms with Crippen LogP contribution < -0.4 is 0 Å². The van der Waals surface area contributed by atoms with E-state index in [2.05, 4.69) is 14.9 Å². The smallest absolute Gasteiger partial charge is 0.434 e. The number of carboxylic acids is 1. The van der Waals surface area contributed by atoms with Gasteiger partial charge in [-0.3, -0.25) is 9.79 Å². The second kappa shape index (κ2) is 8.72. The van der Waals surface area contributed by atoms with Gasteiger partial charge in [-0.1, -0.05) is 4.98 Å². The number of β-lactam (4-membered cyclic amide) rings is 1. The Morgan fingerprint density at radius 2 is 2.16 bits per heavy atom. The summed E-state index contributed by atoms with van der Waals surface area (Å²) in [5.74, 6) is -0.727. The van der Waals surface area contributed by atoms with Gasteiger partial charge in [-0.05, 0) is 50.4 Å². The third-order valence-electron chi connectivity index (χ3n) is 6.55. The number of hydrogen-bond acceptors (Lipinski definition) is 7. The van der Waals surface area contributed by atoms with E-state index in [-0.39, 0.29) is 17.2 Å². The van der Waals surface area contributed by atoms with Crippen LogP contribution in [0.3, 0.4) is 0 Å². The maximum atomic E-state index is 12.5. The van der Waals surface area contributed by atoms with Gasteiger partial charge in [0.15, 0.2) is 6.04 Å². The summed E-state index contributed by atoms with van der Waals surface area (Å²) >= 11 is 1.51. The molecule has 1 amide bonds. The molecule has 3 aliphatic heterocycles. The van der Waals surface area contributed by atoms with E-state index < -0.39 is 27.7 Å². The maximum absolute atomic E-state index is 12.5. The van der Waals surface area contributed by atoms with Gasteiger partial charge in [0.2, 0.25) is 0 Å². The number of carbonyl (C=O) groups excluding carboxylic acids is 1. The first kappa shape index (κ1) is 22.6. The molecule has 0 unspecified atom stereocenters. The molecule has 32 heavy (non-hydrogen) atoms. The van der Waals surface area contributed by atoms with Crippen molar-refractivity contribution in [1.82, 2.24) is 19.4 Å². The molecule has 4 rings (SSSR count). The fraction of sp³-hybridized carbons (Fsp3) is 0.700. The largest absolute Gasteiger partial charge is 0.480 e. The minimum atomic E-state index is -0.967. The van der Waals surface area contributed by atoms with Crippen molar-refractivity contribution in [3.63, 3.8) is 0 Å². The number of hydrogen-bond donors (Lipinski definition) is 1. The van der Waals surface area contributed by atoms with Crippen molar-refractivity contribution in [2.45, 2.75) is 68.3 Å². The van der Waals surface area contributed by atoms with Crippen molar-refractivity contribution in [2.75, 3.05) is 13.1 Å². The predicted molar refractivity (Wildman–Crippen MR) is 118 cm³/mol. The van der Waals surface area contributed by atoms with Gasteiger partial charge >= 0.3 is 11.9 Å². The van der Waals surface area contributed by atoms with Gasteiger partial charge in [-0.2, -0.15) is 0 Å². The zero-order valence-corrected chi connectivity index (χ0v) is 19.0. The van der Waals surface area contributed by atoms with Crippen LogP contribution in [0, 0.1) is 16.0 Å². The number of aliphatic carboxylic acids is 1. The number of carboxylic acid groups (broad SMARTS) is 1. The lowest BCUT2D eigenvalue weighted by molar-refractivity contribution is -0.396. The van der Waals surface area contributed by atoms with Gasteiger partial charge in [-0.15, -0.1) is 11.8 Å². The molecule has 0 aliphatic carbocycles. The quantitative estimate of drug-likeness (QED) is 0.202. The average molecular weight is 465 g/mol. The van der Waals surface area contributed by atoms with Crippen molar-refractivity contribution in [2.24, 2.45) is 10.9 Å². The minimum absolute atomic E-state index is 0.112. The van der Waals surface area contributed by atoms with Crippen LogP contribution >= 0.6 is 11.8 Å². The minimum Gasteiger partial charge on any atom is -0.480 e. The molecule has 174 valence electrons. The van der Waals surface area contributed by atoms with Gasteiger partial charge in [0.25, 0.3) is 5.91 Å². The molecule has 3 fully saturated rings. The highest BCUT2D eigenvalue weighted by atomic mass is 32.2. The van der Waals surface area contributed by atoms with Crippen LogP contribution in [0.4, 0.5) is 5.95 Å². The number of aliphatic imine (C=N–C) groups is 1. The lowest BCUT2D eigenvalue weighted by atomic mass is 9.92. The molecule has 4 heterocycles. The lowest BCUT2D eigenvalue weighted by Crippen LogP contribution is -2.65. The molecule has 3 atom stereocenters. The van der Waals surface area contributed by atoms with Gasteiger partial charge in [0, 0.05) is 17.8 Å². The normalized spacial score (nSPS) is 27.6. The Morgan fingerprint density at radius 1 is 1.44 bits per heavy atom. The number of rotatable bonds is 8. The van der Waals surface area contributed by atoms with E-state index >= 15 is 0 Å². The summed E-state index contributed by atoms with van der Waals surface area (Å²) in [5.41, 5.74) is 0. The third-order valence-corrected chi connectivity index (χ3v) is 8.11. The molecule has 0 radical (unpaired) electrons. The van der Waals surface area contributed by atoms with Crippen LogP contribution in [0.2, 0.25) is 0 Å². The number of piperidine rings is 1. The van der Waals surface area contributed by atoms with Gasteiger partial charge in [0.05, 0.1) is 12.9 Å². The zero-order valence-electron chi connectivity index (χ0n) is 18.2. The molecule has 0 aromatic carbocycles. The topological polar surface area (TPSA) is 134 Å². The Labute approximate surface area is 190 Å². The van der Waals surface area contributed by atoms with Crippen molar-refractivity contribution >= 4 is 35.9 Å². The molecule has 1 N–H and O–H groups in total. The second-order valence-electron chi connectivity index (χ2n) is 9.11. The fourth-order valence-corrected chi connectivity index (χ4v) is 6.47. The first-order valence-electron chi connectivity index (χ1n) is 10.8. The summed E-state index contributed by atoms with van der Waals surface area (Å²) in [6.07, 6.45) is 8.73. The number of aryl methyl sites for hydroxylation is 1. The van der Waals surface area contributed by atoms with E-state index in [1.165, 1.54) is 22.9 Å². The highest BCUT2D eigenvalue weighted by Gasteiger charge is 2.63. The Bertz CT molecular complexity index is 925. The number of aromatic nitrogens is 2. The van der Waals surface area contributed by atoms with E-state index in [1.54, 1.807) is 17.1 Å². The first-order chi connectivity index (χ1) is 15.2. The van der Waals surface area contributed by atoms with E-state index in [0.717, 1.165) is 38.8 Å². The molecule has 12 heteroatoms. The van der Waals surface area contributed by atoms with Crippen molar-refractivity contribution in [1.29, 1.82) is 0 Å². The van der Waals surface area contributed by atoms with E-state index in [0.29, 0.717) is 12.5 Å². The SMILES string of the molecule is CC1(C)S[C@@H]2[C@H](N=CN3CCC(CCCn4ccnc4[N+](=O)[O-])CC3)C(=O)N2[C@H]1C(=O)O. The third kappa shape index (κ3) is 4.19. The number of carbonyl (C=O) groups is 2. The number of nitro groups is 1. The number of thioether (sulfide) groups is 1. The van der Waals surface area contributed by atoms with E-state index in [1.807, 2.05) is 13.8 Å². The Hall–Kier alpha value is -2.63. The maximum Gasteiger partial charge on any atom is 0.434 e. The molecule has 0 spiro atoms. The number of likely N-dealkylation sites (tertiary alicyclic amines) is 1. The van der Waals surface area contributed by atoms with E-state index in [4.69, 9.17) is 0 Å². The first-order valence-corrected chi connectivity index (χ1v) is 11.7. The fourth-order valence-electron chi connectivity index (χ4n) is 4.85. The van der Waals surface area contributed by atoms with Crippen molar-refractivity contribution in [3.8, 4) is 0 Å². The molecule has 3 aliphatic rings.